The molecule has 1 aromatic heterocycles. The molecule has 0 saturated carbocycles. The quantitative estimate of drug-likeness (QED) is 0.733. The summed E-state index contributed by atoms with van der Waals surface area (Å²) < 4.78 is 5.67. The number of nitrogens with zero attached hydrogens (tertiary/aromatic N) is 1. The fourth-order valence-corrected chi connectivity index (χ4v) is 2.54. The Morgan fingerprint density at radius 3 is 2.67 bits per heavy atom. The van der Waals surface area contributed by atoms with E-state index in [1.807, 2.05) is 24.4 Å². The number of ether oxygens (including phenoxy) is 1. The van der Waals surface area contributed by atoms with Crippen molar-refractivity contribution in [3.05, 3.63) is 52.0 Å². The van der Waals surface area contributed by atoms with Crippen LogP contribution in [-0.2, 0) is 17.8 Å². The van der Waals surface area contributed by atoms with Gasteiger partial charge in [-0.25, -0.2) is 4.98 Å². The Morgan fingerprint density at radius 2 is 2.00 bits per heavy atom. The van der Waals surface area contributed by atoms with Gasteiger partial charge in [0.25, 0.3) is 0 Å². The second-order valence-corrected chi connectivity index (χ2v) is 5.75. The van der Waals surface area contributed by atoms with E-state index in [9.17, 15) is 0 Å². The first kappa shape index (κ1) is 13.2. The average Bonchev–Trinajstić information content (AvgIpc) is 2.85. The van der Waals surface area contributed by atoms with Gasteiger partial charge in [0.1, 0.15) is 0 Å². The molecule has 2 nitrogen and oxygen atoms in total. The predicted octanol–water partition coefficient (Wildman–Crippen LogP) is 4.03. The molecular weight excluding hydrogens is 242 g/mol. The molecule has 0 spiro atoms. The van der Waals surface area contributed by atoms with Gasteiger partial charge in [0, 0.05) is 23.4 Å². The highest BCUT2D eigenvalue weighted by Crippen LogP contribution is 2.21. The average molecular weight is 261 g/mol. The molecule has 0 bridgehead atoms. The molecular formula is C15H19NOS. The minimum Gasteiger partial charge on any atom is -0.376 e. The van der Waals surface area contributed by atoms with E-state index in [1.54, 1.807) is 11.3 Å². The summed E-state index contributed by atoms with van der Waals surface area (Å²) in [4.78, 5) is 5.73. The summed E-state index contributed by atoms with van der Waals surface area (Å²) in [6.45, 7) is 5.80. The monoisotopic (exact) mass is 261 g/mol. The summed E-state index contributed by atoms with van der Waals surface area (Å²) in [5.74, 6) is 0.522. The van der Waals surface area contributed by atoms with Crippen molar-refractivity contribution in [3.63, 3.8) is 0 Å². The number of hydrogen-bond donors (Lipinski definition) is 0. The van der Waals surface area contributed by atoms with Crippen LogP contribution in [0.1, 0.15) is 35.2 Å². The van der Waals surface area contributed by atoms with E-state index in [0.29, 0.717) is 12.5 Å². The SMILES string of the molecule is CC(C)c1ncc(CCOCc2ccccc2)s1. The Kier molecular flexibility index (Phi) is 4.90. The van der Waals surface area contributed by atoms with Crippen molar-refractivity contribution in [2.45, 2.75) is 32.8 Å². The maximum Gasteiger partial charge on any atom is 0.0953 e. The largest absolute Gasteiger partial charge is 0.376 e. The van der Waals surface area contributed by atoms with Crippen LogP contribution in [0.2, 0.25) is 0 Å². The van der Waals surface area contributed by atoms with Gasteiger partial charge in [-0.15, -0.1) is 11.3 Å². The number of aromatic nitrogens is 1. The van der Waals surface area contributed by atoms with Crippen molar-refractivity contribution in [2.75, 3.05) is 6.61 Å². The Balaban J connectivity index is 1.72. The first-order valence-electron chi connectivity index (χ1n) is 6.32. The van der Waals surface area contributed by atoms with Gasteiger partial charge in [0.15, 0.2) is 0 Å². The molecule has 1 heterocycles. The zero-order valence-corrected chi connectivity index (χ0v) is 11.7. The highest BCUT2D eigenvalue weighted by atomic mass is 32.1. The smallest absolute Gasteiger partial charge is 0.0953 e. The number of thiazole rings is 1. The van der Waals surface area contributed by atoms with E-state index in [0.717, 1.165) is 13.0 Å². The molecule has 2 aromatic rings. The van der Waals surface area contributed by atoms with Gasteiger partial charge >= 0.3 is 0 Å². The minimum absolute atomic E-state index is 0.522. The Morgan fingerprint density at radius 1 is 1.22 bits per heavy atom. The summed E-state index contributed by atoms with van der Waals surface area (Å²) in [6, 6.07) is 10.3. The summed E-state index contributed by atoms with van der Waals surface area (Å²) in [6.07, 6.45) is 2.93. The third-order valence-electron chi connectivity index (χ3n) is 2.67. The predicted molar refractivity (Wildman–Crippen MR) is 76.0 cm³/mol. The van der Waals surface area contributed by atoms with Gasteiger partial charge in [0.2, 0.25) is 0 Å². The molecule has 0 aliphatic heterocycles. The molecule has 0 radical (unpaired) electrons. The molecule has 96 valence electrons. The van der Waals surface area contributed by atoms with Crippen molar-refractivity contribution < 1.29 is 4.74 Å². The molecule has 0 saturated heterocycles. The lowest BCUT2D eigenvalue weighted by Crippen LogP contribution is -1.97. The van der Waals surface area contributed by atoms with Crippen molar-refractivity contribution in [1.82, 2.24) is 4.98 Å². The molecule has 3 heteroatoms. The van der Waals surface area contributed by atoms with Crippen LogP contribution in [0.15, 0.2) is 36.5 Å². The van der Waals surface area contributed by atoms with E-state index >= 15 is 0 Å². The minimum atomic E-state index is 0.522. The summed E-state index contributed by atoms with van der Waals surface area (Å²) in [5, 5.41) is 1.22. The third-order valence-corrected chi connectivity index (χ3v) is 4.03. The maximum absolute atomic E-state index is 5.67. The Hall–Kier alpha value is -1.19. The van der Waals surface area contributed by atoms with Crippen molar-refractivity contribution in [1.29, 1.82) is 0 Å². The lowest BCUT2D eigenvalue weighted by Gasteiger charge is -2.02. The number of rotatable bonds is 6. The molecule has 0 unspecified atom stereocenters. The highest BCUT2D eigenvalue weighted by molar-refractivity contribution is 7.11. The molecule has 0 N–H and O–H groups in total. The van der Waals surface area contributed by atoms with Gasteiger partial charge in [-0.1, -0.05) is 44.2 Å². The Labute approximate surface area is 113 Å². The standard InChI is InChI=1S/C15H19NOS/c1-12(2)15-16-10-14(18-15)8-9-17-11-13-6-4-3-5-7-13/h3-7,10,12H,8-9,11H2,1-2H3. The molecule has 18 heavy (non-hydrogen) atoms. The molecule has 0 fully saturated rings. The zero-order valence-electron chi connectivity index (χ0n) is 10.9. The highest BCUT2D eigenvalue weighted by Gasteiger charge is 2.05. The van der Waals surface area contributed by atoms with E-state index in [4.69, 9.17) is 4.74 Å². The van der Waals surface area contributed by atoms with Crippen LogP contribution < -0.4 is 0 Å². The first-order valence-corrected chi connectivity index (χ1v) is 7.13. The molecule has 0 aliphatic carbocycles. The molecule has 1 aromatic carbocycles. The first-order chi connectivity index (χ1) is 8.75. The summed E-state index contributed by atoms with van der Waals surface area (Å²) in [5.41, 5.74) is 1.23. The van der Waals surface area contributed by atoms with Gasteiger partial charge in [0.05, 0.1) is 18.2 Å². The number of hydrogen-bond acceptors (Lipinski definition) is 3. The second-order valence-electron chi connectivity index (χ2n) is 4.61. The van der Waals surface area contributed by atoms with Crippen LogP contribution in [0.25, 0.3) is 0 Å². The van der Waals surface area contributed by atoms with E-state index in [-0.39, 0.29) is 0 Å². The third kappa shape index (κ3) is 3.93. The lowest BCUT2D eigenvalue weighted by atomic mass is 10.2. The van der Waals surface area contributed by atoms with Crippen LogP contribution >= 0.6 is 11.3 Å². The molecule has 0 amide bonds. The fourth-order valence-electron chi connectivity index (χ4n) is 1.64. The number of benzene rings is 1. The van der Waals surface area contributed by atoms with Gasteiger partial charge < -0.3 is 4.74 Å². The summed E-state index contributed by atoms with van der Waals surface area (Å²) in [7, 11) is 0. The van der Waals surface area contributed by atoms with E-state index < -0.39 is 0 Å². The van der Waals surface area contributed by atoms with Crippen LogP contribution in [0.5, 0.6) is 0 Å². The van der Waals surface area contributed by atoms with Crippen molar-refractivity contribution in [3.8, 4) is 0 Å². The van der Waals surface area contributed by atoms with E-state index in [2.05, 4.69) is 31.0 Å². The van der Waals surface area contributed by atoms with Gasteiger partial charge in [-0.05, 0) is 5.56 Å². The summed E-state index contributed by atoms with van der Waals surface area (Å²) >= 11 is 1.80. The van der Waals surface area contributed by atoms with E-state index in [1.165, 1.54) is 15.4 Å². The fraction of sp³-hybridized carbons (Fsp3) is 0.400. The van der Waals surface area contributed by atoms with Crippen LogP contribution in [0.4, 0.5) is 0 Å². The normalized spacial score (nSPS) is 11.1. The molecule has 0 aliphatic rings. The lowest BCUT2D eigenvalue weighted by molar-refractivity contribution is 0.124. The van der Waals surface area contributed by atoms with Crippen LogP contribution in [0.3, 0.4) is 0 Å². The van der Waals surface area contributed by atoms with Crippen molar-refractivity contribution >= 4 is 11.3 Å². The van der Waals surface area contributed by atoms with Crippen LogP contribution in [0, 0.1) is 0 Å². The topological polar surface area (TPSA) is 22.1 Å². The Bertz CT molecular complexity index is 464. The zero-order chi connectivity index (χ0) is 12.8. The van der Waals surface area contributed by atoms with Gasteiger partial charge in [-0.3, -0.25) is 0 Å². The van der Waals surface area contributed by atoms with Crippen LogP contribution in [-0.4, -0.2) is 11.6 Å². The molecule has 2 rings (SSSR count). The maximum atomic E-state index is 5.67. The molecule has 0 atom stereocenters. The second kappa shape index (κ2) is 6.66. The van der Waals surface area contributed by atoms with Gasteiger partial charge in [-0.2, -0.15) is 0 Å². The van der Waals surface area contributed by atoms with Crippen molar-refractivity contribution in [2.24, 2.45) is 0 Å².